The molecule has 1 N–H and O–H groups in total. The van der Waals surface area contributed by atoms with Crippen molar-refractivity contribution in [1.82, 2.24) is 15.4 Å². The Bertz CT molecular complexity index is 719. The van der Waals surface area contributed by atoms with E-state index in [1.54, 1.807) is 19.2 Å². The maximum absolute atomic E-state index is 13.9. The zero-order chi connectivity index (χ0) is 16.4. The van der Waals surface area contributed by atoms with Gasteiger partial charge in [0.2, 0.25) is 0 Å². The summed E-state index contributed by atoms with van der Waals surface area (Å²) in [7, 11) is 1.70. The molecular formula is C16H18FN3O2S. The Labute approximate surface area is 138 Å². The molecular weight excluding hydrogens is 317 g/mol. The van der Waals surface area contributed by atoms with Gasteiger partial charge in [0.15, 0.2) is 0 Å². The van der Waals surface area contributed by atoms with Crippen LogP contribution in [0.3, 0.4) is 0 Å². The lowest BCUT2D eigenvalue weighted by molar-refractivity contribution is 0.200. The van der Waals surface area contributed by atoms with Gasteiger partial charge in [-0.2, -0.15) is 0 Å². The number of benzene rings is 1. The molecule has 0 bridgehead atoms. The van der Waals surface area contributed by atoms with Crippen LogP contribution in [0, 0.1) is 12.7 Å². The number of hydrogen-bond acceptors (Lipinski definition) is 4. The van der Waals surface area contributed by atoms with E-state index in [0.717, 1.165) is 17.7 Å². The number of carbonyl (C=O) groups excluding carboxylic acids is 1. The number of halogens is 1. The number of aromatic nitrogens is 1. The summed E-state index contributed by atoms with van der Waals surface area (Å²) in [6, 6.07) is 6.42. The molecule has 1 aliphatic rings. The average molecular weight is 335 g/mol. The highest BCUT2D eigenvalue weighted by Gasteiger charge is 2.25. The SMILES string of the molecule is Cc1cc(CN(C)C(=O)N[C@H]2CCSc3c(F)cccc32)no1. The van der Waals surface area contributed by atoms with Crippen LogP contribution in [0.4, 0.5) is 9.18 Å². The van der Waals surface area contributed by atoms with Gasteiger partial charge in [0.05, 0.1) is 12.6 Å². The second-order valence-electron chi connectivity index (χ2n) is 5.58. The molecule has 3 rings (SSSR count). The Kier molecular flexibility index (Phi) is 4.56. The second-order valence-corrected chi connectivity index (χ2v) is 6.69. The van der Waals surface area contributed by atoms with Gasteiger partial charge in [0, 0.05) is 23.8 Å². The van der Waals surface area contributed by atoms with Crippen molar-refractivity contribution < 1.29 is 13.7 Å². The molecule has 0 spiro atoms. The highest BCUT2D eigenvalue weighted by atomic mass is 32.2. The normalized spacial score (nSPS) is 16.7. The van der Waals surface area contributed by atoms with E-state index >= 15 is 0 Å². The fraction of sp³-hybridized carbons (Fsp3) is 0.375. The van der Waals surface area contributed by atoms with E-state index < -0.39 is 0 Å². The number of amides is 2. The third kappa shape index (κ3) is 3.50. The van der Waals surface area contributed by atoms with Crippen LogP contribution < -0.4 is 5.32 Å². The summed E-state index contributed by atoms with van der Waals surface area (Å²) in [6.45, 7) is 2.17. The monoisotopic (exact) mass is 335 g/mol. The molecule has 122 valence electrons. The quantitative estimate of drug-likeness (QED) is 0.933. The molecule has 0 aliphatic carbocycles. The Balaban J connectivity index is 1.68. The Morgan fingerprint density at radius 3 is 3.13 bits per heavy atom. The average Bonchev–Trinajstić information content (AvgIpc) is 2.93. The van der Waals surface area contributed by atoms with Crippen LogP contribution in [0.1, 0.15) is 29.5 Å². The Morgan fingerprint density at radius 2 is 2.39 bits per heavy atom. The molecule has 0 saturated carbocycles. The summed E-state index contributed by atoms with van der Waals surface area (Å²) < 4.78 is 18.9. The minimum atomic E-state index is -0.224. The summed E-state index contributed by atoms with van der Waals surface area (Å²) in [5, 5.41) is 6.86. The van der Waals surface area contributed by atoms with Crippen molar-refractivity contribution in [1.29, 1.82) is 0 Å². The van der Waals surface area contributed by atoms with E-state index in [1.807, 2.05) is 13.0 Å². The van der Waals surface area contributed by atoms with Crippen molar-refractivity contribution in [2.75, 3.05) is 12.8 Å². The summed E-state index contributed by atoms with van der Waals surface area (Å²) in [5.41, 5.74) is 1.55. The summed E-state index contributed by atoms with van der Waals surface area (Å²) >= 11 is 1.50. The maximum atomic E-state index is 13.9. The van der Waals surface area contributed by atoms with E-state index in [0.29, 0.717) is 22.9 Å². The molecule has 0 radical (unpaired) electrons. The number of urea groups is 1. The minimum absolute atomic E-state index is 0.170. The maximum Gasteiger partial charge on any atom is 0.317 e. The van der Waals surface area contributed by atoms with Crippen LogP contribution in [0.2, 0.25) is 0 Å². The first kappa shape index (κ1) is 15.9. The number of nitrogens with one attached hydrogen (secondary N) is 1. The van der Waals surface area contributed by atoms with E-state index in [1.165, 1.54) is 22.7 Å². The van der Waals surface area contributed by atoms with Crippen molar-refractivity contribution in [3.63, 3.8) is 0 Å². The van der Waals surface area contributed by atoms with Gasteiger partial charge in [-0.1, -0.05) is 17.3 Å². The van der Waals surface area contributed by atoms with E-state index in [-0.39, 0.29) is 17.9 Å². The van der Waals surface area contributed by atoms with Crippen LogP contribution in [0.5, 0.6) is 0 Å². The number of rotatable bonds is 3. The first-order valence-electron chi connectivity index (χ1n) is 7.39. The van der Waals surface area contributed by atoms with Gasteiger partial charge in [-0.05, 0) is 25.0 Å². The van der Waals surface area contributed by atoms with Crippen molar-refractivity contribution >= 4 is 17.8 Å². The zero-order valence-corrected chi connectivity index (χ0v) is 13.8. The number of carbonyl (C=O) groups is 1. The second kappa shape index (κ2) is 6.62. The highest BCUT2D eigenvalue weighted by molar-refractivity contribution is 7.99. The summed E-state index contributed by atoms with van der Waals surface area (Å²) in [5.74, 6) is 1.27. The smallest absolute Gasteiger partial charge is 0.317 e. The van der Waals surface area contributed by atoms with Crippen molar-refractivity contribution in [2.24, 2.45) is 0 Å². The van der Waals surface area contributed by atoms with Crippen molar-refractivity contribution in [3.05, 3.63) is 47.1 Å². The summed E-state index contributed by atoms with van der Waals surface area (Å²) in [6.07, 6.45) is 0.782. The number of nitrogens with zero attached hydrogens (tertiary/aromatic N) is 2. The van der Waals surface area contributed by atoms with Gasteiger partial charge in [0.25, 0.3) is 0 Å². The van der Waals surface area contributed by atoms with Gasteiger partial charge in [-0.15, -0.1) is 11.8 Å². The Morgan fingerprint density at radius 1 is 1.57 bits per heavy atom. The van der Waals surface area contributed by atoms with Crippen molar-refractivity contribution in [2.45, 2.75) is 30.8 Å². The fourth-order valence-electron chi connectivity index (χ4n) is 2.60. The lowest BCUT2D eigenvalue weighted by Crippen LogP contribution is -2.40. The van der Waals surface area contributed by atoms with Gasteiger partial charge in [-0.25, -0.2) is 9.18 Å². The molecule has 0 fully saturated rings. The first-order chi connectivity index (χ1) is 11.0. The first-order valence-corrected chi connectivity index (χ1v) is 8.38. The van der Waals surface area contributed by atoms with Crippen LogP contribution in [-0.4, -0.2) is 28.9 Å². The van der Waals surface area contributed by atoms with Gasteiger partial charge in [-0.3, -0.25) is 0 Å². The predicted molar refractivity (Wildman–Crippen MR) is 85.7 cm³/mol. The topological polar surface area (TPSA) is 58.4 Å². The van der Waals surface area contributed by atoms with E-state index in [9.17, 15) is 9.18 Å². The number of thioether (sulfide) groups is 1. The molecule has 1 aromatic carbocycles. The zero-order valence-electron chi connectivity index (χ0n) is 13.0. The van der Waals surface area contributed by atoms with E-state index in [2.05, 4.69) is 10.5 Å². The highest BCUT2D eigenvalue weighted by Crippen LogP contribution is 2.37. The van der Waals surface area contributed by atoms with Gasteiger partial charge >= 0.3 is 6.03 Å². The standard InChI is InChI=1S/C16H18FN3O2S/c1-10-8-11(19-22-10)9-20(2)16(21)18-14-6-7-23-15-12(14)4-3-5-13(15)17/h3-5,8,14H,6-7,9H2,1-2H3,(H,18,21)/t14-/m0/s1. The fourth-order valence-corrected chi connectivity index (χ4v) is 3.74. The van der Waals surface area contributed by atoms with Crippen molar-refractivity contribution in [3.8, 4) is 0 Å². The third-order valence-corrected chi connectivity index (χ3v) is 4.91. The van der Waals surface area contributed by atoms with Gasteiger partial charge in [0.1, 0.15) is 17.3 Å². The molecule has 0 saturated heterocycles. The molecule has 1 aromatic heterocycles. The Hall–Kier alpha value is -2.02. The van der Waals surface area contributed by atoms with E-state index in [4.69, 9.17) is 4.52 Å². The molecule has 1 atom stereocenters. The number of hydrogen-bond donors (Lipinski definition) is 1. The van der Waals surface area contributed by atoms with Crippen LogP contribution in [-0.2, 0) is 6.54 Å². The lowest BCUT2D eigenvalue weighted by Gasteiger charge is -2.28. The third-order valence-electron chi connectivity index (χ3n) is 3.75. The molecule has 7 heteroatoms. The number of aryl methyl sites for hydroxylation is 1. The molecule has 1 aliphatic heterocycles. The minimum Gasteiger partial charge on any atom is -0.361 e. The predicted octanol–water partition coefficient (Wildman–Crippen LogP) is 3.50. The summed E-state index contributed by atoms with van der Waals surface area (Å²) in [4.78, 5) is 14.6. The number of fused-ring (bicyclic) bond motifs is 1. The lowest BCUT2D eigenvalue weighted by atomic mass is 10.0. The molecule has 23 heavy (non-hydrogen) atoms. The van der Waals surface area contributed by atoms with Crippen LogP contribution >= 0.6 is 11.8 Å². The molecule has 2 amide bonds. The molecule has 2 aromatic rings. The molecule has 0 unspecified atom stereocenters. The van der Waals surface area contributed by atoms with Crippen LogP contribution in [0.25, 0.3) is 0 Å². The largest absolute Gasteiger partial charge is 0.361 e. The van der Waals surface area contributed by atoms with Crippen LogP contribution in [0.15, 0.2) is 33.7 Å². The molecule has 2 heterocycles. The molecule has 5 nitrogen and oxygen atoms in total. The van der Waals surface area contributed by atoms with Gasteiger partial charge < -0.3 is 14.7 Å².